The lowest BCUT2D eigenvalue weighted by atomic mass is 10.1. The Morgan fingerprint density at radius 3 is 2.85 bits per heavy atom. The topological polar surface area (TPSA) is 23.6 Å². The van der Waals surface area contributed by atoms with E-state index in [2.05, 4.69) is 20.8 Å². The molecule has 2 heterocycles. The molecule has 0 bridgehead atoms. The number of nitrogens with zero attached hydrogens (tertiary/aromatic N) is 2. The first-order valence-electron chi connectivity index (χ1n) is 7.13. The van der Waals surface area contributed by atoms with E-state index in [1.807, 2.05) is 17.0 Å². The molecule has 0 aromatic heterocycles. The Morgan fingerprint density at radius 1 is 1.25 bits per heavy atom. The number of amides is 1. The van der Waals surface area contributed by atoms with E-state index in [9.17, 15) is 4.79 Å². The Labute approximate surface area is 133 Å². The van der Waals surface area contributed by atoms with Crippen molar-refractivity contribution < 1.29 is 4.79 Å². The average molecular weight is 358 g/mol. The Morgan fingerprint density at radius 2 is 2.05 bits per heavy atom. The van der Waals surface area contributed by atoms with Gasteiger partial charge in [-0.05, 0) is 59.9 Å². The summed E-state index contributed by atoms with van der Waals surface area (Å²) in [5, 5.41) is 0.638. The summed E-state index contributed by atoms with van der Waals surface area (Å²) >= 11 is 9.38. The zero-order valence-electron chi connectivity index (χ0n) is 11.3. The highest BCUT2D eigenvalue weighted by Crippen LogP contribution is 2.26. The van der Waals surface area contributed by atoms with Crippen LogP contribution in [0.4, 0.5) is 0 Å². The maximum absolute atomic E-state index is 12.6. The summed E-state index contributed by atoms with van der Waals surface area (Å²) in [7, 11) is 0. The van der Waals surface area contributed by atoms with Crippen LogP contribution in [0.1, 0.15) is 29.6 Å². The number of carbonyl (C=O) groups excluding carboxylic acids is 1. The predicted octanol–water partition coefficient (Wildman–Crippen LogP) is 3.41. The van der Waals surface area contributed by atoms with Gasteiger partial charge >= 0.3 is 0 Å². The molecule has 0 N–H and O–H groups in total. The molecular formula is C15H18BrClN2O. The van der Waals surface area contributed by atoms with E-state index in [0.717, 1.165) is 30.5 Å². The summed E-state index contributed by atoms with van der Waals surface area (Å²) in [5.41, 5.74) is 0.715. The molecule has 1 atom stereocenters. The Kier molecular flexibility index (Phi) is 4.34. The van der Waals surface area contributed by atoms with Gasteiger partial charge in [-0.25, -0.2) is 0 Å². The number of halogens is 2. The lowest BCUT2D eigenvalue weighted by Gasteiger charge is -2.25. The second-order valence-corrected chi connectivity index (χ2v) is 6.83. The summed E-state index contributed by atoms with van der Waals surface area (Å²) in [4.78, 5) is 17.2. The van der Waals surface area contributed by atoms with Gasteiger partial charge in [-0.1, -0.05) is 11.6 Å². The maximum Gasteiger partial charge on any atom is 0.253 e. The molecule has 2 aliphatic heterocycles. The van der Waals surface area contributed by atoms with Crippen LogP contribution in [0.15, 0.2) is 22.7 Å². The van der Waals surface area contributed by atoms with Crippen molar-refractivity contribution in [3.8, 4) is 0 Å². The highest BCUT2D eigenvalue weighted by Gasteiger charge is 2.30. The highest BCUT2D eigenvalue weighted by atomic mass is 79.9. The fraction of sp³-hybridized carbons (Fsp3) is 0.533. The highest BCUT2D eigenvalue weighted by molar-refractivity contribution is 9.10. The zero-order valence-corrected chi connectivity index (χ0v) is 13.7. The van der Waals surface area contributed by atoms with Crippen molar-refractivity contribution in [2.24, 2.45) is 0 Å². The number of hydrogen-bond donors (Lipinski definition) is 0. The first-order chi connectivity index (χ1) is 9.65. The molecule has 3 nitrogen and oxygen atoms in total. The third kappa shape index (κ3) is 2.87. The van der Waals surface area contributed by atoms with Crippen LogP contribution in [0.2, 0.25) is 5.02 Å². The second kappa shape index (κ2) is 6.04. The van der Waals surface area contributed by atoms with Crippen LogP contribution in [-0.2, 0) is 0 Å². The number of hydrogen-bond acceptors (Lipinski definition) is 2. The molecule has 1 unspecified atom stereocenters. The van der Waals surface area contributed by atoms with Crippen molar-refractivity contribution in [3.63, 3.8) is 0 Å². The molecule has 20 heavy (non-hydrogen) atoms. The summed E-state index contributed by atoms with van der Waals surface area (Å²) in [6.07, 6.45) is 3.55. The van der Waals surface area contributed by atoms with Crippen molar-refractivity contribution in [1.29, 1.82) is 0 Å². The molecule has 0 radical (unpaired) electrons. The van der Waals surface area contributed by atoms with Crippen LogP contribution in [-0.4, -0.2) is 47.9 Å². The summed E-state index contributed by atoms with van der Waals surface area (Å²) in [6.45, 7) is 4.03. The van der Waals surface area contributed by atoms with Crippen molar-refractivity contribution in [3.05, 3.63) is 33.3 Å². The molecule has 0 spiro atoms. The van der Waals surface area contributed by atoms with Crippen LogP contribution in [0.3, 0.4) is 0 Å². The molecule has 0 saturated carbocycles. The zero-order chi connectivity index (χ0) is 14.1. The number of fused-ring (bicyclic) bond motifs is 1. The molecule has 2 fully saturated rings. The van der Waals surface area contributed by atoms with Crippen molar-refractivity contribution in [2.45, 2.75) is 25.3 Å². The third-order valence-electron chi connectivity index (χ3n) is 4.26. The summed E-state index contributed by atoms with van der Waals surface area (Å²) in [5.74, 6) is 0.121. The minimum absolute atomic E-state index is 0.121. The van der Waals surface area contributed by atoms with Gasteiger partial charge in [0.25, 0.3) is 5.91 Å². The summed E-state index contributed by atoms with van der Waals surface area (Å²) in [6, 6.07) is 5.96. The van der Waals surface area contributed by atoms with Crippen molar-refractivity contribution in [1.82, 2.24) is 9.80 Å². The van der Waals surface area contributed by atoms with E-state index in [-0.39, 0.29) is 5.91 Å². The van der Waals surface area contributed by atoms with Crippen LogP contribution in [0.5, 0.6) is 0 Å². The Bertz CT molecular complexity index is 523. The number of benzene rings is 1. The Balaban J connectivity index is 1.77. The van der Waals surface area contributed by atoms with Gasteiger partial charge in [-0.3, -0.25) is 9.69 Å². The molecule has 3 rings (SSSR count). The fourth-order valence-electron chi connectivity index (χ4n) is 3.20. The molecule has 1 aromatic rings. The Hall–Kier alpha value is -0.580. The third-order valence-corrected chi connectivity index (χ3v) is 5.47. The first-order valence-corrected chi connectivity index (χ1v) is 8.30. The van der Waals surface area contributed by atoms with Gasteiger partial charge in [0, 0.05) is 35.7 Å². The largest absolute Gasteiger partial charge is 0.337 e. The van der Waals surface area contributed by atoms with E-state index in [4.69, 9.17) is 11.6 Å². The van der Waals surface area contributed by atoms with Gasteiger partial charge in [0.15, 0.2) is 0 Å². The lowest BCUT2D eigenvalue weighted by molar-refractivity contribution is 0.0743. The fourth-order valence-corrected chi connectivity index (χ4v) is 3.70. The first kappa shape index (κ1) is 14.4. The van der Waals surface area contributed by atoms with Crippen LogP contribution in [0, 0.1) is 0 Å². The second-order valence-electron chi connectivity index (χ2n) is 5.57. The molecular weight excluding hydrogens is 340 g/mol. The van der Waals surface area contributed by atoms with Crippen molar-refractivity contribution in [2.75, 3.05) is 26.2 Å². The van der Waals surface area contributed by atoms with Crippen LogP contribution < -0.4 is 0 Å². The van der Waals surface area contributed by atoms with Crippen LogP contribution >= 0.6 is 27.5 Å². The molecule has 1 amide bonds. The predicted molar refractivity (Wildman–Crippen MR) is 84.3 cm³/mol. The van der Waals surface area contributed by atoms with Gasteiger partial charge in [0.1, 0.15) is 0 Å². The van der Waals surface area contributed by atoms with Gasteiger partial charge in [0.2, 0.25) is 0 Å². The van der Waals surface area contributed by atoms with E-state index in [0.29, 0.717) is 16.6 Å². The lowest BCUT2D eigenvalue weighted by Crippen LogP contribution is -2.39. The number of rotatable bonds is 1. The minimum Gasteiger partial charge on any atom is -0.337 e. The van der Waals surface area contributed by atoms with E-state index >= 15 is 0 Å². The quantitative estimate of drug-likeness (QED) is 0.769. The van der Waals surface area contributed by atoms with Gasteiger partial charge in [0.05, 0.1) is 5.02 Å². The van der Waals surface area contributed by atoms with Crippen molar-refractivity contribution >= 4 is 33.4 Å². The molecule has 5 heteroatoms. The standard InChI is InChI=1S/C15H18BrClN2O/c16-13-9-11(4-5-14(13)17)15(20)19-8-2-7-18-6-1-3-12(18)10-19/h4-5,9,12H,1-3,6-8,10H2. The molecule has 0 aliphatic carbocycles. The van der Waals surface area contributed by atoms with E-state index in [1.54, 1.807) is 6.07 Å². The minimum atomic E-state index is 0.121. The summed E-state index contributed by atoms with van der Waals surface area (Å²) < 4.78 is 0.780. The normalized spacial score (nSPS) is 23.5. The monoisotopic (exact) mass is 356 g/mol. The molecule has 1 aromatic carbocycles. The molecule has 2 aliphatic rings. The SMILES string of the molecule is O=C(c1ccc(Cl)c(Br)c1)N1CCCN2CCCC2C1. The van der Waals surface area contributed by atoms with Gasteiger partial charge in [-0.15, -0.1) is 0 Å². The smallest absolute Gasteiger partial charge is 0.253 e. The maximum atomic E-state index is 12.6. The molecule has 108 valence electrons. The van der Waals surface area contributed by atoms with E-state index in [1.165, 1.54) is 19.4 Å². The molecule has 2 saturated heterocycles. The average Bonchev–Trinajstić information content (AvgIpc) is 2.78. The van der Waals surface area contributed by atoms with Crippen LogP contribution in [0.25, 0.3) is 0 Å². The van der Waals surface area contributed by atoms with E-state index < -0.39 is 0 Å². The van der Waals surface area contributed by atoms with Gasteiger partial charge in [-0.2, -0.15) is 0 Å². The van der Waals surface area contributed by atoms with Gasteiger partial charge < -0.3 is 4.90 Å². The number of carbonyl (C=O) groups is 1.